The van der Waals surface area contributed by atoms with E-state index in [1.807, 2.05) is 12.1 Å². The number of aromatic nitrogens is 4. The fraction of sp³-hybridized carbons (Fsp3) is 0.0400. The summed E-state index contributed by atoms with van der Waals surface area (Å²) in [5.41, 5.74) is 2.37. The first kappa shape index (κ1) is 21.3. The lowest BCUT2D eigenvalue weighted by molar-refractivity contribution is 0.602. The van der Waals surface area contributed by atoms with E-state index in [0.717, 1.165) is 10.8 Å². The van der Waals surface area contributed by atoms with E-state index >= 15 is 0 Å². The van der Waals surface area contributed by atoms with E-state index in [1.165, 1.54) is 12.6 Å². The van der Waals surface area contributed by atoms with Gasteiger partial charge >= 0.3 is 0 Å². The minimum Gasteiger partial charge on any atom is -0.340 e. The molecule has 2 aromatic carbocycles. The van der Waals surface area contributed by atoms with Gasteiger partial charge in [0.25, 0.3) is 5.56 Å². The summed E-state index contributed by atoms with van der Waals surface area (Å²) in [5.74, 6) is 6.77. The summed E-state index contributed by atoms with van der Waals surface area (Å²) in [5, 5.41) is 5.37. The molecule has 3 aromatic heterocycles. The smallest absolute Gasteiger partial charge is 0.258 e. The summed E-state index contributed by atoms with van der Waals surface area (Å²) in [7, 11) is -3.26. The van der Waals surface area contributed by atoms with Gasteiger partial charge in [-0.05, 0) is 60.5 Å². The van der Waals surface area contributed by atoms with Gasteiger partial charge < -0.3 is 10.3 Å². The number of nitrogens with one attached hydrogen (secondary N) is 2. The van der Waals surface area contributed by atoms with Crippen molar-refractivity contribution in [1.82, 2.24) is 19.9 Å². The maximum atomic E-state index is 11.9. The Morgan fingerprint density at radius 3 is 2.53 bits per heavy atom. The standard InChI is InChI=1S/C25H17N5O3S/c1-34(32,33)19-6-4-18(5-7-19)30-24-13-21-17(14-27-24)10-11-26-22(21)9-3-16-2-8-20-23(12-16)28-15-29-25(20)31/h2,4-8,10-15H,1H3,(H,27,30)(H,28,29,31). The molecular formula is C25H17N5O3S. The van der Waals surface area contributed by atoms with Gasteiger partial charge in [-0.1, -0.05) is 5.92 Å². The highest BCUT2D eigenvalue weighted by Crippen LogP contribution is 2.23. The summed E-state index contributed by atoms with van der Waals surface area (Å²) >= 11 is 0. The van der Waals surface area contributed by atoms with Crippen molar-refractivity contribution in [1.29, 1.82) is 0 Å². The zero-order valence-corrected chi connectivity index (χ0v) is 18.7. The first-order valence-electron chi connectivity index (χ1n) is 10.2. The van der Waals surface area contributed by atoms with Gasteiger partial charge in [0.05, 0.1) is 22.1 Å². The molecule has 0 saturated heterocycles. The molecule has 0 amide bonds. The molecule has 0 unspecified atom stereocenters. The fourth-order valence-electron chi connectivity index (χ4n) is 3.44. The maximum absolute atomic E-state index is 11.9. The van der Waals surface area contributed by atoms with Crippen molar-refractivity contribution in [3.8, 4) is 11.8 Å². The fourth-order valence-corrected chi connectivity index (χ4v) is 4.08. The van der Waals surface area contributed by atoms with Crippen molar-refractivity contribution in [2.75, 3.05) is 11.6 Å². The van der Waals surface area contributed by atoms with Crippen LogP contribution in [0.25, 0.3) is 21.7 Å². The first-order valence-corrected chi connectivity index (χ1v) is 12.1. The Morgan fingerprint density at radius 1 is 0.912 bits per heavy atom. The molecule has 0 aliphatic heterocycles. The van der Waals surface area contributed by atoms with Crippen molar-refractivity contribution < 1.29 is 8.42 Å². The second kappa shape index (κ2) is 8.42. The van der Waals surface area contributed by atoms with Gasteiger partial charge in [-0.3, -0.25) is 4.79 Å². The lowest BCUT2D eigenvalue weighted by Crippen LogP contribution is -2.05. The van der Waals surface area contributed by atoms with E-state index in [9.17, 15) is 13.2 Å². The summed E-state index contributed by atoms with van der Waals surface area (Å²) in [6.07, 6.45) is 5.93. The molecule has 0 radical (unpaired) electrons. The Kier molecular flexibility index (Phi) is 5.28. The number of rotatable bonds is 3. The first-order chi connectivity index (χ1) is 16.4. The molecule has 0 fully saturated rings. The number of nitrogens with zero attached hydrogens (tertiary/aromatic N) is 3. The van der Waals surface area contributed by atoms with E-state index in [0.29, 0.717) is 33.7 Å². The molecule has 0 saturated carbocycles. The molecule has 0 aliphatic rings. The molecule has 0 spiro atoms. The van der Waals surface area contributed by atoms with Gasteiger partial charge in [0.2, 0.25) is 0 Å². The zero-order valence-electron chi connectivity index (χ0n) is 17.9. The predicted molar refractivity (Wildman–Crippen MR) is 131 cm³/mol. The van der Waals surface area contributed by atoms with E-state index in [4.69, 9.17) is 0 Å². The molecule has 0 aliphatic carbocycles. The number of hydrogen-bond acceptors (Lipinski definition) is 7. The summed E-state index contributed by atoms with van der Waals surface area (Å²) in [4.78, 5) is 27.7. The van der Waals surface area contributed by atoms with Crippen LogP contribution in [0.15, 0.2) is 83.0 Å². The lowest BCUT2D eigenvalue weighted by Gasteiger charge is -2.08. The number of hydrogen-bond donors (Lipinski definition) is 2. The largest absolute Gasteiger partial charge is 0.340 e. The van der Waals surface area contributed by atoms with Crippen LogP contribution in [0.2, 0.25) is 0 Å². The van der Waals surface area contributed by atoms with Gasteiger partial charge in [0.1, 0.15) is 11.5 Å². The van der Waals surface area contributed by atoms with Gasteiger partial charge in [-0.2, -0.15) is 0 Å². The van der Waals surface area contributed by atoms with Crippen LogP contribution in [0.4, 0.5) is 11.5 Å². The summed E-state index contributed by atoms with van der Waals surface area (Å²) < 4.78 is 23.3. The van der Waals surface area contributed by atoms with Crippen molar-refractivity contribution in [3.63, 3.8) is 0 Å². The average Bonchev–Trinajstić information content (AvgIpc) is 2.82. The molecular weight excluding hydrogens is 450 g/mol. The number of fused-ring (bicyclic) bond motifs is 2. The molecule has 34 heavy (non-hydrogen) atoms. The van der Waals surface area contributed by atoms with Crippen molar-refractivity contribution in [2.45, 2.75) is 4.90 Å². The van der Waals surface area contributed by atoms with E-state index in [1.54, 1.807) is 54.9 Å². The molecule has 9 heteroatoms. The molecule has 166 valence electrons. The SMILES string of the molecule is CS(=O)(=O)c1ccc(Nc2cc3c(C#Cc4ccc5c(=O)[nH]cnc5c4)nccc3cn2)cc1. The van der Waals surface area contributed by atoms with Crippen LogP contribution in [0.5, 0.6) is 0 Å². The van der Waals surface area contributed by atoms with Gasteiger partial charge in [-0.25, -0.2) is 23.4 Å². The second-order valence-corrected chi connectivity index (χ2v) is 9.60. The van der Waals surface area contributed by atoms with Crippen LogP contribution in [0.1, 0.15) is 11.3 Å². The monoisotopic (exact) mass is 467 g/mol. The topological polar surface area (TPSA) is 118 Å². The highest BCUT2D eigenvalue weighted by atomic mass is 32.2. The van der Waals surface area contributed by atoms with Crippen LogP contribution in [-0.2, 0) is 9.84 Å². The van der Waals surface area contributed by atoms with E-state index in [2.05, 4.69) is 37.1 Å². The summed E-state index contributed by atoms with van der Waals surface area (Å²) in [6.45, 7) is 0. The predicted octanol–water partition coefficient (Wildman–Crippen LogP) is 3.41. The molecule has 0 bridgehead atoms. The Hall–Kier alpha value is -4.55. The van der Waals surface area contributed by atoms with Crippen LogP contribution in [-0.4, -0.2) is 34.6 Å². The average molecular weight is 468 g/mol. The van der Waals surface area contributed by atoms with Crippen LogP contribution in [0.3, 0.4) is 0 Å². The molecule has 2 N–H and O–H groups in total. The van der Waals surface area contributed by atoms with E-state index < -0.39 is 9.84 Å². The van der Waals surface area contributed by atoms with Crippen molar-refractivity contribution >= 4 is 43.0 Å². The Labute approximate surface area is 194 Å². The second-order valence-electron chi connectivity index (χ2n) is 7.59. The van der Waals surface area contributed by atoms with Gasteiger partial charge in [-0.15, -0.1) is 0 Å². The minimum absolute atomic E-state index is 0.196. The Balaban J connectivity index is 1.48. The molecule has 8 nitrogen and oxygen atoms in total. The summed E-state index contributed by atoms with van der Waals surface area (Å²) in [6, 6.07) is 15.4. The normalized spacial score (nSPS) is 11.2. The molecule has 0 atom stereocenters. The maximum Gasteiger partial charge on any atom is 0.258 e. The van der Waals surface area contributed by atoms with Crippen LogP contribution < -0.4 is 10.9 Å². The quantitative estimate of drug-likeness (QED) is 0.391. The minimum atomic E-state index is -3.26. The number of aromatic amines is 1. The highest BCUT2D eigenvalue weighted by molar-refractivity contribution is 7.90. The number of pyridine rings is 2. The third-order valence-electron chi connectivity index (χ3n) is 5.17. The Morgan fingerprint density at radius 2 is 1.74 bits per heavy atom. The third-order valence-corrected chi connectivity index (χ3v) is 6.30. The van der Waals surface area contributed by atoms with Crippen molar-refractivity contribution in [2.24, 2.45) is 0 Å². The lowest BCUT2D eigenvalue weighted by atomic mass is 10.1. The highest BCUT2D eigenvalue weighted by Gasteiger charge is 2.08. The molecule has 5 aromatic rings. The number of benzene rings is 2. The van der Waals surface area contributed by atoms with Crippen molar-refractivity contribution in [3.05, 3.63) is 94.9 Å². The molecule has 5 rings (SSSR count). The number of sulfone groups is 1. The molecule has 3 heterocycles. The van der Waals surface area contributed by atoms with Crippen LogP contribution >= 0.6 is 0 Å². The van der Waals surface area contributed by atoms with E-state index in [-0.39, 0.29) is 10.5 Å². The number of H-pyrrole nitrogens is 1. The zero-order chi connectivity index (χ0) is 23.7. The Bertz CT molecular complexity index is 1780. The third kappa shape index (κ3) is 4.35. The van der Waals surface area contributed by atoms with Gasteiger partial charge in [0, 0.05) is 40.7 Å². The van der Waals surface area contributed by atoms with Gasteiger partial charge in [0.15, 0.2) is 9.84 Å². The van der Waals surface area contributed by atoms with Crippen LogP contribution in [0, 0.1) is 11.8 Å². The number of anilines is 2.